The maximum Gasteiger partial charge on any atom is 0.303 e. The van der Waals surface area contributed by atoms with Gasteiger partial charge in [0.25, 0.3) is 5.91 Å². The van der Waals surface area contributed by atoms with Crippen molar-refractivity contribution in [3.05, 3.63) is 126 Å². The number of anilines is 1. The molecule has 0 saturated heterocycles. The molecule has 0 fully saturated rings. The normalized spacial score (nSPS) is 11.1. The third-order valence-electron chi connectivity index (χ3n) is 5.60. The lowest BCUT2D eigenvalue weighted by molar-refractivity contribution is -0.137. The Morgan fingerprint density at radius 1 is 0.800 bits per heavy atom. The summed E-state index contributed by atoms with van der Waals surface area (Å²) in [7, 11) is 0. The molecule has 0 atom stereocenters. The van der Waals surface area contributed by atoms with Crippen LogP contribution in [0.25, 0.3) is 16.7 Å². The molecular weight excluding hydrogens is 436 g/mol. The zero-order chi connectivity index (χ0) is 24.5. The third-order valence-corrected chi connectivity index (χ3v) is 5.60. The van der Waals surface area contributed by atoms with Gasteiger partial charge in [0.15, 0.2) is 0 Å². The second-order valence-corrected chi connectivity index (χ2v) is 8.12. The van der Waals surface area contributed by atoms with Gasteiger partial charge in [-0.25, -0.2) is 0 Å². The van der Waals surface area contributed by atoms with Gasteiger partial charge in [0, 0.05) is 35.6 Å². The van der Waals surface area contributed by atoms with Crippen molar-refractivity contribution in [1.29, 1.82) is 0 Å². The van der Waals surface area contributed by atoms with Gasteiger partial charge in [-0.2, -0.15) is 0 Å². The van der Waals surface area contributed by atoms with Gasteiger partial charge >= 0.3 is 5.97 Å². The predicted molar refractivity (Wildman–Crippen MR) is 139 cm³/mol. The van der Waals surface area contributed by atoms with Gasteiger partial charge in [0.1, 0.15) is 0 Å². The molecule has 1 amide bonds. The second-order valence-electron chi connectivity index (χ2n) is 8.12. The van der Waals surface area contributed by atoms with Crippen LogP contribution in [-0.4, -0.2) is 22.0 Å². The molecule has 5 nitrogen and oxygen atoms in total. The van der Waals surface area contributed by atoms with Crippen LogP contribution in [0.4, 0.5) is 5.69 Å². The summed E-state index contributed by atoms with van der Waals surface area (Å²) in [5.74, 6) is -0.988. The number of carbonyl (C=O) groups is 2. The van der Waals surface area contributed by atoms with Crippen LogP contribution in [0.2, 0.25) is 0 Å². The van der Waals surface area contributed by atoms with Gasteiger partial charge in [0.05, 0.1) is 0 Å². The van der Waals surface area contributed by atoms with E-state index in [4.69, 9.17) is 5.11 Å². The molecule has 4 aromatic rings. The van der Waals surface area contributed by atoms with E-state index in [0.29, 0.717) is 24.1 Å². The highest BCUT2D eigenvalue weighted by Gasteiger charge is 2.10. The van der Waals surface area contributed by atoms with Crippen LogP contribution < -0.4 is 5.32 Å². The highest BCUT2D eigenvalue weighted by atomic mass is 16.4. The molecule has 5 heteroatoms. The van der Waals surface area contributed by atoms with E-state index in [9.17, 15) is 9.59 Å². The van der Waals surface area contributed by atoms with Crippen LogP contribution in [-0.2, 0) is 4.79 Å². The molecule has 174 valence electrons. The van der Waals surface area contributed by atoms with Crippen LogP contribution in [0.15, 0.2) is 109 Å². The van der Waals surface area contributed by atoms with Crippen LogP contribution in [0, 0.1) is 0 Å². The number of hydrogen-bond acceptors (Lipinski definition) is 3. The van der Waals surface area contributed by atoms with Crippen molar-refractivity contribution < 1.29 is 14.7 Å². The number of carbonyl (C=O) groups excluding carboxylic acids is 1. The molecule has 1 heterocycles. The number of nitrogens with one attached hydrogen (secondary N) is 1. The standard InChI is InChI=1S/C30H26N2O3/c33-29(34)14-5-4-13-28(26-11-7-19-31-21-26)25-10-6-12-27(20-25)32-30(35)24-17-15-23(16-18-24)22-8-2-1-3-9-22/h1-3,6-13,15-21H,4-5,14H2,(H,32,35)(H,33,34). The zero-order valence-corrected chi connectivity index (χ0v) is 19.2. The first-order chi connectivity index (χ1) is 17.1. The number of rotatable bonds is 9. The van der Waals surface area contributed by atoms with Gasteiger partial charge < -0.3 is 10.4 Å². The first kappa shape index (κ1) is 23.6. The summed E-state index contributed by atoms with van der Waals surface area (Å²) in [4.78, 5) is 28.0. The lowest BCUT2D eigenvalue weighted by Crippen LogP contribution is -2.11. The van der Waals surface area contributed by atoms with E-state index >= 15 is 0 Å². The number of aromatic nitrogens is 1. The Kier molecular flexibility index (Phi) is 7.81. The van der Waals surface area contributed by atoms with Gasteiger partial charge in [-0.1, -0.05) is 66.7 Å². The van der Waals surface area contributed by atoms with Gasteiger partial charge in [-0.05, 0) is 65.4 Å². The maximum absolute atomic E-state index is 12.9. The molecule has 35 heavy (non-hydrogen) atoms. The smallest absolute Gasteiger partial charge is 0.303 e. The Hall–Kier alpha value is -4.51. The Balaban J connectivity index is 1.52. The molecule has 0 radical (unpaired) electrons. The number of aliphatic carboxylic acids is 1. The average Bonchev–Trinajstić information content (AvgIpc) is 2.90. The topological polar surface area (TPSA) is 79.3 Å². The van der Waals surface area contributed by atoms with Crippen molar-refractivity contribution in [3.63, 3.8) is 0 Å². The fourth-order valence-corrected chi connectivity index (χ4v) is 3.84. The number of carboxylic acid groups (broad SMARTS) is 1. The van der Waals surface area contributed by atoms with Gasteiger partial charge in [0.2, 0.25) is 0 Å². The predicted octanol–water partition coefficient (Wildman–Crippen LogP) is 6.69. The van der Waals surface area contributed by atoms with E-state index in [1.54, 1.807) is 12.4 Å². The Bertz CT molecular complexity index is 1310. The van der Waals surface area contributed by atoms with Crippen LogP contribution in [0.3, 0.4) is 0 Å². The molecule has 0 saturated carbocycles. The minimum atomic E-state index is -0.803. The molecule has 3 aromatic carbocycles. The molecule has 0 aliphatic carbocycles. The number of nitrogens with zero attached hydrogens (tertiary/aromatic N) is 1. The maximum atomic E-state index is 12.9. The summed E-state index contributed by atoms with van der Waals surface area (Å²) in [6.45, 7) is 0. The first-order valence-corrected chi connectivity index (χ1v) is 11.5. The first-order valence-electron chi connectivity index (χ1n) is 11.5. The van der Waals surface area contributed by atoms with E-state index in [1.807, 2.05) is 97.1 Å². The molecule has 4 rings (SSSR count). The summed E-state index contributed by atoms with van der Waals surface area (Å²) >= 11 is 0. The molecule has 0 aliphatic heterocycles. The summed E-state index contributed by atoms with van der Waals surface area (Å²) in [5.41, 5.74) is 6.22. The average molecular weight is 463 g/mol. The Labute approximate surface area is 204 Å². The van der Waals surface area contributed by atoms with E-state index < -0.39 is 5.97 Å². The number of benzene rings is 3. The fraction of sp³-hybridized carbons (Fsp3) is 0.100. The molecule has 0 spiro atoms. The van der Waals surface area contributed by atoms with Gasteiger partial charge in [-0.3, -0.25) is 14.6 Å². The number of hydrogen-bond donors (Lipinski definition) is 2. The van der Waals surface area contributed by atoms with Crippen molar-refractivity contribution in [1.82, 2.24) is 4.98 Å². The van der Waals surface area contributed by atoms with E-state index in [2.05, 4.69) is 10.3 Å². The highest BCUT2D eigenvalue weighted by molar-refractivity contribution is 6.04. The van der Waals surface area contributed by atoms with E-state index in [0.717, 1.165) is 27.8 Å². The molecule has 0 unspecified atom stereocenters. The monoisotopic (exact) mass is 462 g/mol. The number of allylic oxidation sites excluding steroid dienone is 1. The van der Waals surface area contributed by atoms with Gasteiger partial charge in [-0.15, -0.1) is 0 Å². The Morgan fingerprint density at radius 3 is 2.26 bits per heavy atom. The summed E-state index contributed by atoms with van der Waals surface area (Å²) in [5, 5.41) is 11.9. The van der Waals surface area contributed by atoms with Crippen molar-refractivity contribution in [2.24, 2.45) is 0 Å². The van der Waals surface area contributed by atoms with Crippen LogP contribution in [0.1, 0.15) is 40.7 Å². The van der Waals surface area contributed by atoms with Crippen molar-refractivity contribution in [3.8, 4) is 11.1 Å². The van der Waals surface area contributed by atoms with E-state index in [-0.39, 0.29) is 12.3 Å². The lowest BCUT2D eigenvalue weighted by atomic mass is 9.97. The SMILES string of the molecule is O=C(O)CCCC=C(c1cccnc1)c1cccc(NC(=O)c2ccc(-c3ccccc3)cc2)c1. The van der Waals surface area contributed by atoms with Crippen molar-refractivity contribution >= 4 is 23.1 Å². The molecule has 0 aliphatic rings. The van der Waals surface area contributed by atoms with Crippen molar-refractivity contribution in [2.75, 3.05) is 5.32 Å². The summed E-state index contributed by atoms with van der Waals surface area (Å²) in [6, 6.07) is 29.0. The lowest BCUT2D eigenvalue weighted by Gasteiger charge is -2.12. The van der Waals surface area contributed by atoms with E-state index in [1.165, 1.54) is 0 Å². The number of pyridine rings is 1. The largest absolute Gasteiger partial charge is 0.481 e. The fourth-order valence-electron chi connectivity index (χ4n) is 3.84. The minimum absolute atomic E-state index is 0.121. The van der Waals surface area contributed by atoms with Crippen molar-refractivity contribution in [2.45, 2.75) is 19.3 Å². The molecule has 1 aromatic heterocycles. The number of carboxylic acids is 1. The second kappa shape index (κ2) is 11.6. The molecule has 2 N–H and O–H groups in total. The Morgan fingerprint density at radius 2 is 1.54 bits per heavy atom. The number of unbranched alkanes of at least 4 members (excludes halogenated alkanes) is 1. The molecular formula is C30H26N2O3. The quantitative estimate of drug-likeness (QED) is 0.272. The minimum Gasteiger partial charge on any atom is -0.481 e. The summed E-state index contributed by atoms with van der Waals surface area (Å²) in [6.07, 6.45) is 6.82. The zero-order valence-electron chi connectivity index (χ0n) is 19.2. The number of amides is 1. The third kappa shape index (κ3) is 6.51. The van der Waals surface area contributed by atoms with Crippen LogP contribution in [0.5, 0.6) is 0 Å². The highest BCUT2D eigenvalue weighted by Crippen LogP contribution is 2.27. The summed E-state index contributed by atoms with van der Waals surface area (Å²) < 4.78 is 0. The van der Waals surface area contributed by atoms with Crippen LogP contribution >= 0.6 is 0 Å². The molecule has 0 bridgehead atoms.